The molecule has 0 amide bonds. The monoisotopic (exact) mass is 228 g/mol. The van der Waals surface area contributed by atoms with Gasteiger partial charge in [0.2, 0.25) is 0 Å². The van der Waals surface area contributed by atoms with Gasteiger partial charge in [0.25, 0.3) is 0 Å². The topological polar surface area (TPSA) is 27.7 Å². The molecule has 3 fully saturated rings. The minimum absolute atomic E-state index is 0.229. The van der Waals surface area contributed by atoms with Gasteiger partial charge in [-0.25, -0.2) is 8.78 Å². The summed E-state index contributed by atoms with van der Waals surface area (Å²) in [6, 6.07) is 3.49. The highest BCUT2D eigenvalue weighted by atomic mass is 19.2. The average Bonchev–Trinajstić information content (AvgIpc) is 2.35. The first-order valence-corrected chi connectivity index (χ1v) is 5.07. The van der Waals surface area contributed by atoms with E-state index in [4.69, 9.17) is 14.2 Å². The van der Waals surface area contributed by atoms with E-state index in [2.05, 4.69) is 0 Å². The van der Waals surface area contributed by atoms with Crippen LogP contribution in [-0.4, -0.2) is 19.8 Å². The minimum Gasteiger partial charge on any atom is -0.323 e. The van der Waals surface area contributed by atoms with Crippen molar-refractivity contribution in [1.29, 1.82) is 0 Å². The molecule has 5 heteroatoms. The van der Waals surface area contributed by atoms with Gasteiger partial charge in [0, 0.05) is 11.5 Å². The van der Waals surface area contributed by atoms with Crippen molar-refractivity contribution >= 4 is 0 Å². The zero-order valence-electron chi connectivity index (χ0n) is 8.41. The molecule has 0 atom stereocenters. The van der Waals surface area contributed by atoms with E-state index < -0.39 is 17.6 Å². The Morgan fingerprint density at radius 2 is 1.62 bits per heavy atom. The van der Waals surface area contributed by atoms with Crippen molar-refractivity contribution < 1.29 is 23.0 Å². The summed E-state index contributed by atoms with van der Waals surface area (Å²) in [4.78, 5) is 0. The van der Waals surface area contributed by atoms with E-state index in [9.17, 15) is 8.78 Å². The predicted octanol–water partition coefficient (Wildman–Crippen LogP) is 1.77. The molecule has 2 bridgehead atoms. The fraction of sp³-hybridized carbons (Fsp3) is 0.455. The van der Waals surface area contributed by atoms with Crippen molar-refractivity contribution in [3.8, 4) is 0 Å². The summed E-state index contributed by atoms with van der Waals surface area (Å²) in [5, 5.41) is 0. The van der Waals surface area contributed by atoms with Crippen LogP contribution in [0.25, 0.3) is 0 Å². The molecule has 3 aliphatic heterocycles. The van der Waals surface area contributed by atoms with Crippen molar-refractivity contribution in [2.45, 2.75) is 5.97 Å². The van der Waals surface area contributed by atoms with Crippen LogP contribution in [0.5, 0.6) is 0 Å². The molecule has 0 aromatic heterocycles. The molecule has 16 heavy (non-hydrogen) atoms. The van der Waals surface area contributed by atoms with Gasteiger partial charge in [0.1, 0.15) is 0 Å². The Balaban J connectivity index is 1.98. The summed E-state index contributed by atoms with van der Waals surface area (Å²) in [6.45, 7) is 1.54. The third-order valence-corrected chi connectivity index (χ3v) is 2.80. The molecule has 0 saturated carbocycles. The molecular formula is C11H10F2O3. The van der Waals surface area contributed by atoms with Gasteiger partial charge in [0.15, 0.2) is 11.6 Å². The second-order valence-corrected chi connectivity index (χ2v) is 3.98. The van der Waals surface area contributed by atoms with Crippen LogP contribution < -0.4 is 0 Å². The zero-order valence-corrected chi connectivity index (χ0v) is 8.41. The van der Waals surface area contributed by atoms with Crippen molar-refractivity contribution in [2.24, 2.45) is 5.92 Å². The van der Waals surface area contributed by atoms with Gasteiger partial charge in [0.05, 0.1) is 19.8 Å². The lowest BCUT2D eigenvalue weighted by Crippen LogP contribution is -2.51. The van der Waals surface area contributed by atoms with Gasteiger partial charge >= 0.3 is 5.97 Å². The molecule has 86 valence electrons. The number of benzene rings is 1. The maximum atomic E-state index is 13.1. The van der Waals surface area contributed by atoms with Gasteiger partial charge in [-0.3, -0.25) is 0 Å². The lowest BCUT2D eigenvalue weighted by atomic mass is 10.1. The van der Waals surface area contributed by atoms with E-state index >= 15 is 0 Å². The number of hydrogen-bond acceptors (Lipinski definition) is 3. The molecule has 4 rings (SSSR count). The second kappa shape index (κ2) is 3.48. The minimum atomic E-state index is -1.34. The summed E-state index contributed by atoms with van der Waals surface area (Å²) in [5.41, 5.74) is 0.351. The highest BCUT2D eigenvalue weighted by Crippen LogP contribution is 2.38. The number of rotatable bonds is 1. The predicted molar refractivity (Wildman–Crippen MR) is 49.4 cm³/mol. The highest BCUT2D eigenvalue weighted by Gasteiger charge is 2.46. The van der Waals surface area contributed by atoms with Gasteiger partial charge in [-0.05, 0) is 18.2 Å². The van der Waals surface area contributed by atoms with Gasteiger partial charge < -0.3 is 14.2 Å². The molecule has 0 radical (unpaired) electrons. The van der Waals surface area contributed by atoms with E-state index in [1.807, 2.05) is 0 Å². The van der Waals surface area contributed by atoms with Crippen LogP contribution in [0.2, 0.25) is 0 Å². The van der Waals surface area contributed by atoms with Crippen molar-refractivity contribution in [2.75, 3.05) is 19.8 Å². The molecule has 1 aromatic rings. The summed E-state index contributed by atoms with van der Waals surface area (Å²) in [5.74, 6) is -2.95. The average molecular weight is 228 g/mol. The zero-order chi connectivity index (χ0) is 11.2. The summed E-state index contributed by atoms with van der Waals surface area (Å²) in [7, 11) is 0. The molecule has 0 N–H and O–H groups in total. The summed E-state index contributed by atoms with van der Waals surface area (Å²) < 4.78 is 42.2. The third-order valence-electron chi connectivity index (χ3n) is 2.80. The fourth-order valence-corrected chi connectivity index (χ4v) is 1.89. The molecule has 3 heterocycles. The first-order valence-electron chi connectivity index (χ1n) is 5.07. The number of halogens is 2. The Bertz CT molecular complexity index is 400. The van der Waals surface area contributed by atoms with Crippen molar-refractivity contribution in [3.63, 3.8) is 0 Å². The quantitative estimate of drug-likeness (QED) is 0.733. The molecule has 3 saturated heterocycles. The SMILES string of the molecule is Fc1ccc(C23OCC(CO2)CO3)cc1F. The lowest BCUT2D eigenvalue weighted by molar-refractivity contribution is -0.460. The Morgan fingerprint density at radius 1 is 1.00 bits per heavy atom. The molecule has 3 aliphatic rings. The largest absolute Gasteiger partial charge is 0.323 e. The van der Waals surface area contributed by atoms with Crippen molar-refractivity contribution in [3.05, 3.63) is 35.4 Å². The van der Waals surface area contributed by atoms with Crippen LogP contribution in [0.1, 0.15) is 5.56 Å². The summed E-state index contributed by atoms with van der Waals surface area (Å²) in [6.07, 6.45) is 0. The smallest absolute Gasteiger partial charge is 0.312 e. The Hall–Kier alpha value is -1.04. The molecule has 0 spiro atoms. The van der Waals surface area contributed by atoms with Crippen molar-refractivity contribution in [1.82, 2.24) is 0 Å². The van der Waals surface area contributed by atoms with E-state index in [0.717, 1.165) is 12.1 Å². The van der Waals surface area contributed by atoms with Crippen LogP contribution in [0.4, 0.5) is 8.78 Å². The maximum Gasteiger partial charge on any atom is 0.312 e. The Labute approximate surface area is 90.9 Å². The standard InChI is InChI=1S/C11H10F2O3/c12-9-2-1-8(3-10(9)13)11-14-4-7(5-15-11)6-16-11/h1-3,7H,4-6H2. The van der Waals surface area contributed by atoms with Crippen LogP contribution in [0.3, 0.4) is 0 Å². The van der Waals surface area contributed by atoms with Crippen LogP contribution in [0.15, 0.2) is 18.2 Å². The fourth-order valence-electron chi connectivity index (χ4n) is 1.89. The normalized spacial score (nSPS) is 33.0. The number of ether oxygens (including phenoxy) is 3. The lowest BCUT2D eigenvalue weighted by Gasteiger charge is -2.45. The van der Waals surface area contributed by atoms with Gasteiger partial charge in [-0.15, -0.1) is 0 Å². The maximum absolute atomic E-state index is 13.1. The Kier molecular flexibility index (Phi) is 2.20. The van der Waals surface area contributed by atoms with Gasteiger partial charge in [-0.2, -0.15) is 0 Å². The molecule has 3 nitrogen and oxygen atoms in total. The second-order valence-electron chi connectivity index (χ2n) is 3.98. The van der Waals surface area contributed by atoms with Crippen LogP contribution >= 0.6 is 0 Å². The highest BCUT2D eigenvalue weighted by molar-refractivity contribution is 5.21. The molecule has 0 aliphatic carbocycles. The molecule has 0 unspecified atom stereocenters. The third kappa shape index (κ3) is 1.43. The van der Waals surface area contributed by atoms with Gasteiger partial charge in [-0.1, -0.05) is 0 Å². The molecular weight excluding hydrogens is 218 g/mol. The van der Waals surface area contributed by atoms with E-state index in [1.54, 1.807) is 0 Å². The first kappa shape index (κ1) is 10.1. The number of fused-ring (bicyclic) bond motifs is 3. The molecule has 1 aromatic carbocycles. The van der Waals surface area contributed by atoms with E-state index in [0.29, 0.717) is 25.4 Å². The van der Waals surface area contributed by atoms with Crippen LogP contribution in [0, 0.1) is 17.6 Å². The first-order chi connectivity index (χ1) is 7.70. The van der Waals surface area contributed by atoms with E-state index in [-0.39, 0.29) is 5.92 Å². The van der Waals surface area contributed by atoms with Crippen LogP contribution in [-0.2, 0) is 20.2 Å². The number of hydrogen-bond donors (Lipinski definition) is 0. The summed E-state index contributed by atoms with van der Waals surface area (Å²) >= 11 is 0. The Morgan fingerprint density at radius 3 is 2.19 bits per heavy atom. The van der Waals surface area contributed by atoms with E-state index in [1.165, 1.54) is 6.07 Å².